The van der Waals surface area contributed by atoms with Gasteiger partial charge in [-0.2, -0.15) is 0 Å². The van der Waals surface area contributed by atoms with Gasteiger partial charge in [0.1, 0.15) is 5.82 Å². The molecule has 1 N–H and O–H groups in total. The first kappa shape index (κ1) is 16.6. The Morgan fingerprint density at radius 1 is 1.04 bits per heavy atom. The van der Waals surface area contributed by atoms with E-state index in [0.29, 0.717) is 6.61 Å². The van der Waals surface area contributed by atoms with Gasteiger partial charge in [0.2, 0.25) is 0 Å². The van der Waals surface area contributed by atoms with Crippen molar-refractivity contribution >= 4 is 5.82 Å². The number of ether oxygens (including phenoxy) is 2. The van der Waals surface area contributed by atoms with Crippen molar-refractivity contribution in [3.63, 3.8) is 0 Å². The second-order valence-electron chi connectivity index (χ2n) is 5.97. The quantitative estimate of drug-likeness (QED) is 0.884. The van der Waals surface area contributed by atoms with Gasteiger partial charge in [0, 0.05) is 39.3 Å². The van der Waals surface area contributed by atoms with Crippen molar-refractivity contribution < 1.29 is 9.47 Å². The zero-order valence-electron chi connectivity index (χ0n) is 14.4. The third-order valence-corrected chi connectivity index (χ3v) is 4.14. The molecule has 0 atom stereocenters. The summed E-state index contributed by atoms with van der Waals surface area (Å²) in [6, 6.07) is 10.3. The summed E-state index contributed by atoms with van der Waals surface area (Å²) in [5, 5.41) is 3.45. The van der Waals surface area contributed by atoms with Crippen molar-refractivity contribution in [1.29, 1.82) is 0 Å². The van der Waals surface area contributed by atoms with Crippen LogP contribution < -0.4 is 19.7 Å². The van der Waals surface area contributed by atoms with Crippen LogP contribution in [0.2, 0.25) is 0 Å². The third-order valence-electron chi connectivity index (χ3n) is 4.14. The van der Waals surface area contributed by atoms with Crippen LogP contribution in [0.3, 0.4) is 0 Å². The highest BCUT2D eigenvalue weighted by molar-refractivity contribution is 5.43. The van der Waals surface area contributed by atoms with Gasteiger partial charge in [0.05, 0.1) is 13.2 Å². The van der Waals surface area contributed by atoms with Gasteiger partial charge in [-0.3, -0.25) is 0 Å². The van der Waals surface area contributed by atoms with Gasteiger partial charge < -0.3 is 19.7 Å². The molecule has 1 aliphatic heterocycles. The van der Waals surface area contributed by atoms with E-state index in [1.54, 1.807) is 0 Å². The predicted octanol–water partition coefficient (Wildman–Crippen LogP) is 2.99. The van der Waals surface area contributed by atoms with E-state index in [1.165, 1.54) is 11.1 Å². The molecular weight excluding hydrogens is 302 g/mol. The van der Waals surface area contributed by atoms with Gasteiger partial charge in [0.15, 0.2) is 11.5 Å². The van der Waals surface area contributed by atoms with E-state index in [-0.39, 0.29) is 0 Å². The SMILES string of the molecule is CCN(C)c1ccc(CNCc2ccc3c(c2)OCCCO3)cn1. The summed E-state index contributed by atoms with van der Waals surface area (Å²) in [5.74, 6) is 2.70. The molecule has 5 nitrogen and oxygen atoms in total. The fraction of sp³-hybridized carbons (Fsp3) is 0.421. The number of hydrogen-bond acceptors (Lipinski definition) is 5. The zero-order valence-corrected chi connectivity index (χ0v) is 14.4. The highest BCUT2D eigenvalue weighted by Crippen LogP contribution is 2.30. The summed E-state index contributed by atoms with van der Waals surface area (Å²) in [5.41, 5.74) is 2.37. The Kier molecular flexibility index (Phi) is 5.54. The normalized spacial score (nSPS) is 13.4. The summed E-state index contributed by atoms with van der Waals surface area (Å²) >= 11 is 0. The molecule has 3 rings (SSSR count). The smallest absolute Gasteiger partial charge is 0.161 e. The van der Waals surface area contributed by atoms with Crippen LogP contribution in [0.25, 0.3) is 0 Å². The average molecular weight is 327 g/mol. The minimum Gasteiger partial charge on any atom is -0.490 e. The Morgan fingerprint density at radius 2 is 1.79 bits per heavy atom. The molecule has 1 aliphatic rings. The fourth-order valence-electron chi connectivity index (χ4n) is 2.58. The first-order chi connectivity index (χ1) is 11.8. The Labute approximate surface area is 143 Å². The molecule has 5 heteroatoms. The van der Waals surface area contributed by atoms with Crippen LogP contribution in [0, 0.1) is 0 Å². The van der Waals surface area contributed by atoms with Crippen molar-refractivity contribution in [2.75, 3.05) is 31.7 Å². The maximum atomic E-state index is 5.73. The topological polar surface area (TPSA) is 46.6 Å². The van der Waals surface area contributed by atoms with Crippen molar-refractivity contribution in [2.45, 2.75) is 26.4 Å². The number of benzene rings is 1. The van der Waals surface area contributed by atoms with E-state index in [9.17, 15) is 0 Å². The number of pyridine rings is 1. The standard InChI is InChI=1S/C19H25N3O2/c1-3-22(2)19-8-6-16(14-21-19)13-20-12-15-5-7-17-18(11-15)24-10-4-9-23-17/h5-8,11,14,20H,3-4,9-10,12-13H2,1-2H3. The molecule has 0 radical (unpaired) electrons. The Morgan fingerprint density at radius 3 is 2.54 bits per heavy atom. The van der Waals surface area contributed by atoms with E-state index in [2.05, 4.69) is 46.4 Å². The number of nitrogens with zero attached hydrogens (tertiary/aromatic N) is 2. The van der Waals surface area contributed by atoms with Crippen LogP contribution >= 0.6 is 0 Å². The van der Waals surface area contributed by atoms with Gasteiger partial charge in [-0.15, -0.1) is 0 Å². The molecule has 0 bridgehead atoms. The van der Waals surface area contributed by atoms with Crippen LogP contribution in [0.5, 0.6) is 11.5 Å². The van der Waals surface area contributed by atoms with Crippen LogP contribution in [-0.2, 0) is 13.1 Å². The maximum Gasteiger partial charge on any atom is 0.161 e. The number of anilines is 1. The summed E-state index contributed by atoms with van der Waals surface area (Å²) in [4.78, 5) is 6.61. The summed E-state index contributed by atoms with van der Waals surface area (Å²) in [7, 11) is 2.05. The number of nitrogens with one attached hydrogen (secondary N) is 1. The molecule has 0 saturated heterocycles. The largest absolute Gasteiger partial charge is 0.490 e. The lowest BCUT2D eigenvalue weighted by molar-refractivity contribution is 0.297. The van der Waals surface area contributed by atoms with E-state index in [1.807, 2.05) is 19.3 Å². The minimum atomic E-state index is 0.716. The van der Waals surface area contributed by atoms with Crippen molar-refractivity contribution in [3.05, 3.63) is 47.7 Å². The second kappa shape index (κ2) is 8.02. The molecule has 2 aromatic rings. The zero-order chi connectivity index (χ0) is 16.8. The lowest BCUT2D eigenvalue weighted by Gasteiger charge is -2.15. The summed E-state index contributed by atoms with van der Waals surface area (Å²) in [6.45, 7) is 6.08. The molecule has 1 aromatic carbocycles. The predicted molar refractivity (Wildman–Crippen MR) is 95.8 cm³/mol. The monoisotopic (exact) mass is 327 g/mol. The van der Waals surface area contributed by atoms with Gasteiger partial charge in [-0.1, -0.05) is 12.1 Å². The molecule has 0 fully saturated rings. The van der Waals surface area contributed by atoms with Crippen LogP contribution in [0.1, 0.15) is 24.5 Å². The molecule has 0 saturated carbocycles. The van der Waals surface area contributed by atoms with Crippen molar-refractivity contribution in [3.8, 4) is 11.5 Å². The molecule has 0 aliphatic carbocycles. The van der Waals surface area contributed by atoms with E-state index >= 15 is 0 Å². The van der Waals surface area contributed by atoms with Crippen molar-refractivity contribution in [1.82, 2.24) is 10.3 Å². The average Bonchev–Trinajstić information content (AvgIpc) is 2.86. The second-order valence-corrected chi connectivity index (χ2v) is 5.97. The number of hydrogen-bond donors (Lipinski definition) is 1. The van der Waals surface area contributed by atoms with Crippen LogP contribution in [0.4, 0.5) is 5.82 Å². The Bertz CT molecular complexity index is 658. The van der Waals surface area contributed by atoms with Gasteiger partial charge >= 0.3 is 0 Å². The van der Waals surface area contributed by atoms with E-state index in [4.69, 9.17) is 9.47 Å². The van der Waals surface area contributed by atoms with Gasteiger partial charge in [-0.05, 0) is 36.2 Å². The Hall–Kier alpha value is -2.27. The number of fused-ring (bicyclic) bond motifs is 1. The molecule has 0 amide bonds. The summed E-state index contributed by atoms with van der Waals surface area (Å²) < 4.78 is 11.4. The first-order valence-electron chi connectivity index (χ1n) is 8.51. The molecule has 1 aromatic heterocycles. The van der Waals surface area contributed by atoms with Crippen LogP contribution in [-0.4, -0.2) is 31.8 Å². The highest BCUT2D eigenvalue weighted by atomic mass is 16.5. The first-order valence-corrected chi connectivity index (χ1v) is 8.51. The Balaban J connectivity index is 1.54. The van der Waals surface area contributed by atoms with Crippen molar-refractivity contribution in [2.24, 2.45) is 0 Å². The maximum absolute atomic E-state index is 5.73. The lowest BCUT2D eigenvalue weighted by atomic mass is 10.2. The van der Waals surface area contributed by atoms with Gasteiger partial charge in [-0.25, -0.2) is 4.98 Å². The van der Waals surface area contributed by atoms with Gasteiger partial charge in [0.25, 0.3) is 0 Å². The molecule has 2 heterocycles. The minimum absolute atomic E-state index is 0.716. The molecule has 0 spiro atoms. The van der Waals surface area contributed by atoms with E-state index < -0.39 is 0 Å². The lowest BCUT2D eigenvalue weighted by Crippen LogP contribution is -2.17. The molecule has 128 valence electrons. The highest BCUT2D eigenvalue weighted by Gasteiger charge is 2.10. The van der Waals surface area contributed by atoms with E-state index in [0.717, 1.165) is 50.0 Å². The fourth-order valence-corrected chi connectivity index (χ4v) is 2.58. The molecular formula is C19H25N3O2. The number of rotatable bonds is 6. The molecule has 24 heavy (non-hydrogen) atoms. The van der Waals surface area contributed by atoms with Crippen LogP contribution in [0.15, 0.2) is 36.5 Å². The molecule has 0 unspecified atom stereocenters. The number of aromatic nitrogens is 1. The summed E-state index contributed by atoms with van der Waals surface area (Å²) in [6.07, 6.45) is 2.86. The third kappa shape index (κ3) is 4.17.